The van der Waals surface area contributed by atoms with E-state index in [2.05, 4.69) is 20.5 Å². The Morgan fingerprint density at radius 2 is 1.97 bits per heavy atom. The van der Waals surface area contributed by atoms with E-state index in [1.54, 1.807) is 33.4 Å². The van der Waals surface area contributed by atoms with Gasteiger partial charge in [-0.3, -0.25) is 15.1 Å². The molecule has 1 aliphatic rings. The molecule has 0 bridgehead atoms. The molecule has 0 spiro atoms. The predicted molar refractivity (Wildman–Crippen MR) is 117 cm³/mol. The van der Waals surface area contributed by atoms with Gasteiger partial charge in [0, 0.05) is 68.7 Å². The molecule has 1 saturated heterocycles. The third-order valence-corrected chi connectivity index (χ3v) is 5.04. The van der Waals surface area contributed by atoms with Gasteiger partial charge in [-0.2, -0.15) is 0 Å². The van der Waals surface area contributed by atoms with Gasteiger partial charge < -0.3 is 25.0 Å². The van der Waals surface area contributed by atoms with E-state index in [9.17, 15) is 10.1 Å². The second-order valence-electron chi connectivity index (χ2n) is 7.00. The topological polar surface area (TPSA) is 101 Å². The van der Waals surface area contributed by atoms with Gasteiger partial charge in [0.1, 0.15) is 11.5 Å². The highest BCUT2D eigenvalue weighted by Crippen LogP contribution is 2.30. The molecule has 1 aliphatic heterocycles. The van der Waals surface area contributed by atoms with Gasteiger partial charge in [0.15, 0.2) is 5.96 Å². The van der Waals surface area contributed by atoms with Crippen molar-refractivity contribution in [2.24, 2.45) is 4.99 Å². The van der Waals surface area contributed by atoms with Crippen molar-refractivity contribution in [1.82, 2.24) is 10.6 Å². The molecule has 0 radical (unpaired) electrons. The fraction of sp³-hybridized carbons (Fsp3) is 0.381. The maximum Gasteiger partial charge on any atom is 0.269 e. The van der Waals surface area contributed by atoms with Crippen molar-refractivity contribution < 1.29 is 14.4 Å². The molecule has 0 aromatic heterocycles. The number of anilines is 1. The number of hydrogen-bond acceptors (Lipinski definition) is 6. The Hall–Kier alpha value is -3.49. The molecule has 9 heteroatoms. The molecule has 1 fully saturated rings. The Morgan fingerprint density at radius 1 is 1.23 bits per heavy atom. The van der Waals surface area contributed by atoms with E-state index >= 15 is 0 Å². The average Bonchev–Trinajstić information content (AvgIpc) is 3.25. The van der Waals surface area contributed by atoms with Crippen molar-refractivity contribution in [3.8, 4) is 11.5 Å². The fourth-order valence-corrected chi connectivity index (χ4v) is 3.44. The predicted octanol–water partition coefficient (Wildman–Crippen LogP) is 2.56. The molecule has 1 unspecified atom stereocenters. The number of ether oxygens (including phenoxy) is 2. The summed E-state index contributed by atoms with van der Waals surface area (Å²) in [4.78, 5) is 17.1. The molecule has 2 N–H and O–H groups in total. The van der Waals surface area contributed by atoms with Crippen LogP contribution in [0.1, 0.15) is 12.0 Å². The third kappa shape index (κ3) is 5.31. The summed E-state index contributed by atoms with van der Waals surface area (Å²) < 4.78 is 10.7. The first-order chi connectivity index (χ1) is 14.5. The first kappa shape index (κ1) is 21.2. The van der Waals surface area contributed by atoms with Crippen molar-refractivity contribution in [1.29, 1.82) is 0 Å². The molecule has 0 saturated carbocycles. The fourth-order valence-electron chi connectivity index (χ4n) is 3.44. The van der Waals surface area contributed by atoms with Crippen molar-refractivity contribution in [2.75, 3.05) is 39.3 Å². The summed E-state index contributed by atoms with van der Waals surface area (Å²) in [5.74, 6) is 2.18. The van der Waals surface area contributed by atoms with E-state index in [4.69, 9.17) is 9.47 Å². The van der Waals surface area contributed by atoms with Crippen molar-refractivity contribution in [3.63, 3.8) is 0 Å². The average molecular weight is 413 g/mol. The lowest BCUT2D eigenvalue weighted by Crippen LogP contribution is -2.44. The van der Waals surface area contributed by atoms with E-state index in [1.807, 2.05) is 24.3 Å². The molecule has 0 aliphatic carbocycles. The van der Waals surface area contributed by atoms with Gasteiger partial charge in [0.05, 0.1) is 19.1 Å². The smallest absolute Gasteiger partial charge is 0.269 e. The second kappa shape index (κ2) is 9.82. The lowest BCUT2D eigenvalue weighted by atomic mass is 10.2. The summed E-state index contributed by atoms with van der Waals surface area (Å²) in [5.41, 5.74) is 1.95. The summed E-state index contributed by atoms with van der Waals surface area (Å²) in [7, 11) is 5.00. The number of guanidine groups is 1. The number of nitrogens with zero attached hydrogens (tertiary/aromatic N) is 3. The maximum absolute atomic E-state index is 10.9. The largest absolute Gasteiger partial charge is 0.497 e. The summed E-state index contributed by atoms with van der Waals surface area (Å²) in [6.45, 7) is 2.16. The molecule has 3 rings (SSSR count). The van der Waals surface area contributed by atoms with Gasteiger partial charge in [-0.05, 0) is 12.0 Å². The Labute approximate surface area is 175 Å². The zero-order valence-corrected chi connectivity index (χ0v) is 17.4. The number of nitro groups is 1. The van der Waals surface area contributed by atoms with Crippen LogP contribution in [0.2, 0.25) is 0 Å². The molecule has 160 valence electrons. The summed E-state index contributed by atoms with van der Waals surface area (Å²) in [6, 6.07) is 12.7. The molecule has 9 nitrogen and oxygen atoms in total. The molecule has 2 aromatic carbocycles. The number of non-ortho nitro benzene ring substituents is 1. The minimum atomic E-state index is -0.392. The number of nitro benzene ring substituents is 1. The van der Waals surface area contributed by atoms with E-state index in [0.717, 1.165) is 42.3 Å². The van der Waals surface area contributed by atoms with Crippen LogP contribution in [0.3, 0.4) is 0 Å². The highest BCUT2D eigenvalue weighted by Gasteiger charge is 2.24. The Balaban J connectivity index is 1.57. The molecule has 2 aromatic rings. The van der Waals surface area contributed by atoms with Crippen LogP contribution in [0.5, 0.6) is 11.5 Å². The summed E-state index contributed by atoms with van der Waals surface area (Å²) in [5, 5.41) is 17.6. The highest BCUT2D eigenvalue weighted by molar-refractivity contribution is 5.80. The molecule has 0 amide bonds. The van der Waals surface area contributed by atoms with Crippen LogP contribution in [-0.4, -0.2) is 51.3 Å². The van der Waals surface area contributed by atoms with E-state index in [1.165, 1.54) is 6.07 Å². The standard InChI is InChI=1S/C21H27N5O4/c1-22-21(23-13-15-5-4-6-17(9-15)26(27)28)24-16-7-8-25(14-16)18-10-19(29-2)12-20(11-18)30-3/h4-6,9-12,16H,7-8,13-14H2,1-3H3,(H2,22,23,24). The van der Waals surface area contributed by atoms with E-state index in [0.29, 0.717) is 12.5 Å². The molecular formula is C21H27N5O4. The first-order valence-electron chi connectivity index (χ1n) is 9.71. The Kier molecular flexibility index (Phi) is 6.95. The van der Waals surface area contributed by atoms with Crippen LogP contribution in [0.4, 0.5) is 11.4 Å². The van der Waals surface area contributed by atoms with Gasteiger partial charge in [0.2, 0.25) is 0 Å². The van der Waals surface area contributed by atoms with Gasteiger partial charge in [-0.25, -0.2) is 0 Å². The normalized spacial score (nSPS) is 16.3. The minimum Gasteiger partial charge on any atom is -0.497 e. The minimum absolute atomic E-state index is 0.0809. The number of hydrogen-bond donors (Lipinski definition) is 2. The lowest BCUT2D eigenvalue weighted by Gasteiger charge is -2.21. The number of benzene rings is 2. The van der Waals surface area contributed by atoms with Crippen LogP contribution < -0.4 is 25.0 Å². The van der Waals surface area contributed by atoms with Gasteiger partial charge >= 0.3 is 0 Å². The van der Waals surface area contributed by atoms with Crippen LogP contribution >= 0.6 is 0 Å². The van der Waals surface area contributed by atoms with Crippen molar-refractivity contribution in [2.45, 2.75) is 19.0 Å². The quantitative estimate of drug-likeness (QED) is 0.311. The number of aliphatic imine (C=N–C) groups is 1. The Bertz CT molecular complexity index is 896. The highest BCUT2D eigenvalue weighted by atomic mass is 16.6. The molecular weight excluding hydrogens is 386 g/mol. The zero-order valence-electron chi connectivity index (χ0n) is 17.4. The van der Waals surface area contributed by atoms with Crippen LogP contribution in [0.25, 0.3) is 0 Å². The van der Waals surface area contributed by atoms with Gasteiger partial charge in [0.25, 0.3) is 5.69 Å². The van der Waals surface area contributed by atoms with Crippen LogP contribution in [0, 0.1) is 10.1 Å². The molecule has 30 heavy (non-hydrogen) atoms. The first-order valence-corrected chi connectivity index (χ1v) is 9.71. The van der Waals surface area contributed by atoms with Crippen molar-refractivity contribution >= 4 is 17.3 Å². The SMILES string of the molecule is CN=C(NCc1cccc([N+](=O)[O-])c1)NC1CCN(c2cc(OC)cc(OC)c2)C1. The zero-order chi connectivity index (χ0) is 21.5. The van der Waals surface area contributed by atoms with E-state index < -0.39 is 4.92 Å². The van der Waals surface area contributed by atoms with Gasteiger partial charge in [-0.1, -0.05) is 12.1 Å². The Morgan fingerprint density at radius 3 is 2.60 bits per heavy atom. The van der Waals surface area contributed by atoms with Crippen LogP contribution in [-0.2, 0) is 6.54 Å². The number of rotatable bonds is 7. The third-order valence-electron chi connectivity index (χ3n) is 5.04. The summed E-state index contributed by atoms with van der Waals surface area (Å²) in [6.07, 6.45) is 0.955. The lowest BCUT2D eigenvalue weighted by molar-refractivity contribution is -0.384. The molecule has 1 atom stereocenters. The second-order valence-corrected chi connectivity index (χ2v) is 7.00. The van der Waals surface area contributed by atoms with E-state index in [-0.39, 0.29) is 11.7 Å². The number of methoxy groups -OCH3 is 2. The number of nitrogens with one attached hydrogen (secondary N) is 2. The molecule has 1 heterocycles. The van der Waals surface area contributed by atoms with Crippen LogP contribution in [0.15, 0.2) is 47.5 Å². The monoisotopic (exact) mass is 413 g/mol. The van der Waals surface area contributed by atoms with Gasteiger partial charge in [-0.15, -0.1) is 0 Å². The van der Waals surface area contributed by atoms with Crippen molar-refractivity contribution in [3.05, 3.63) is 58.1 Å². The maximum atomic E-state index is 10.9. The summed E-state index contributed by atoms with van der Waals surface area (Å²) >= 11 is 0.